The summed E-state index contributed by atoms with van der Waals surface area (Å²) in [6.07, 6.45) is 1.67. The van der Waals surface area contributed by atoms with Crippen molar-refractivity contribution < 1.29 is 8.42 Å². The number of rotatable bonds is 5. The third-order valence-electron chi connectivity index (χ3n) is 3.29. The van der Waals surface area contributed by atoms with Crippen LogP contribution in [0.3, 0.4) is 0 Å². The number of hydrogen-bond donors (Lipinski definition) is 0. The molecule has 0 aliphatic carbocycles. The molecule has 2 rings (SSSR count). The van der Waals surface area contributed by atoms with Gasteiger partial charge in [0.15, 0.2) is 9.84 Å². The number of aromatic nitrogens is 1. The van der Waals surface area contributed by atoms with Crippen molar-refractivity contribution in [1.82, 2.24) is 4.98 Å². The number of nitrogens with zero attached hydrogens (tertiary/aromatic N) is 1. The maximum absolute atomic E-state index is 12.5. The van der Waals surface area contributed by atoms with Crippen LogP contribution in [0.15, 0.2) is 30.5 Å². The third kappa shape index (κ3) is 4.05. The summed E-state index contributed by atoms with van der Waals surface area (Å²) in [4.78, 5) is 5.07. The Morgan fingerprint density at radius 2 is 1.81 bits per heavy atom. The van der Waals surface area contributed by atoms with Gasteiger partial charge in [-0.15, -0.1) is 11.3 Å². The molecule has 3 nitrogen and oxygen atoms in total. The summed E-state index contributed by atoms with van der Waals surface area (Å²) in [6, 6.07) is 6.95. The van der Waals surface area contributed by atoms with E-state index < -0.39 is 15.1 Å². The van der Waals surface area contributed by atoms with Crippen molar-refractivity contribution in [2.45, 2.75) is 37.7 Å². The van der Waals surface area contributed by atoms with Crippen LogP contribution in [0.2, 0.25) is 5.02 Å². The van der Waals surface area contributed by atoms with Crippen LogP contribution in [-0.4, -0.2) is 13.4 Å². The summed E-state index contributed by atoms with van der Waals surface area (Å²) in [5.41, 5.74) is 0.757. The van der Waals surface area contributed by atoms with E-state index in [1.54, 1.807) is 37.4 Å². The molecule has 0 radical (unpaired) electrons. The first-order valence-corrected chi connectivity index (χ1v) is 9.62. The molecule has 0 bridgehead atoms. The smallest absolute Gasteiger partial charge is 0.162 e. The predicted molar refractivity (Wildman–Crippen MR) is 88.7 cm³/mol. The van der Waals surface area contributed by atoms with E-state index in [0.717, 1.165) is 15.4 Å². The Balaban J connectivity index is 2.18. The number of sulfone groups is 1. The van der Waals surface area contributed by atoms with Gasteiger partial charge in [0.05, 0.1) is 16.0 Å². The van der Waals surface area contributed by atoms with Crippen molar-refractivity contribution in [3.63, 3.8) is 0 Å². The number of halogens is 1. The standard InChI is InChI=1S/C15H18ClNO2S2/c1-10(2)15-17-8-14(20-15)9-21(18,19)11(3)12-4-6-13(16)7-5-12/h4-8,10-11H,9H2,1-3H3. The molecule has 0 aliphatic rings. The largest absolute Gasteiger partial charge is 0.249 e. The molecule has 0 saturated heterocycles. The summed E-state index contributed by atoms with van der Waals surface area (Å²) in [5, 5.41) is 1.02. The Kier molecular flexibility index (Phi) is 5.07. The van der Waals surface area contributed by atoms with Crippen LogP contribution in [0.5, 0.6) is 0 Å². The van der Waals surface area contributed by atoms with Crippen LogP contribution in [0, 0.1) is 0 Å². The van der Waals surface area contributed by atoms with E-state index in [-0.39, 0.29) is 5.75 Å². The first kappa shape index (κ1) is 16.5. The van der Waals surface area contributed by atoms with Crippen molar-refractivity contribution in [2.75, 3.05) is 0 Å². The van der Waals surface area contributed by atoms with Crippen LogP contribution < -0.4 is 0 Å². The van der Waals surface area contributed by atoms with Crippen LogP contribution in [-0.2, 0) is 15.6 Å². The quantitative estimate of drug-likeness (QED) is 0.797. The zero-order valence-corrected chi connectivity index (χ0v) is 14.6. The maximum Gasteiger partial charge on any atom is 0.162 e. The molecule has 1 heterocycles. The minimum atomic E-state index is -3.26. The van der Waals surface area contributed by atoms with Gasteiger partial charge in [-0.05, 0) is 24.6 Å². The average molecular weight is 344 g/mol. The SMILES string of the molecule is CC(C)c1ncc(CS(=O)(=O)C(C)c2ccc(Cl)cc2)s1. The van der Waals surface area contributed by atoms with E-state index in [9.17, 15) is 8.42 Å². The fourth-order valence-electron chi connectivity index (χ4n) is 1.92. The van der Waals surface area contributed by atoms with Gasteiger partial charge in [-0.1, -0.05) is 37.6 Å². The van der Waals surface area contributed by atoms with Gasteiger partial charge in [0.1, 0.15) is 0 Å². The average Bonchev–Trinajstić information content (AvgIpc) is 2.87. The van der Waals surface area contributed by atoms with Crippen LogP contribution in [0.1, 0.15) is 47.4 Å². The second-order valence-electron chi connectivity index (χ2n) is 5.32. The molecular weight excluding hydrogens is 326 g/mol. The fourth-order valence-corrected chi connectivity index (χ4v) is 4.78. The predicted octanol–water partition coefficient (Wildman–Crippen LogP) is 4.60. The normalized spacial score (nSPS) is 13.6. The molecule has 1 aromatic carbocycles. The summed E-state index contributed by atoms with van der Waals surface area (Å²) in [7, 11) is -3.26. The zero-order chi connectivity index (χ0) is 15.6. The molecular formula is C15H18ClNO2S2. The Morgan fingerprint density at radius 3 is 2.33 bits per heavy atom. The second kappa shape index (κ2) is 6.46. The first-order chi connectivity index (χ1) is 9.79. The molecule has 0 aliphatic heterocycles. The molecule has 114 valence electrons. The van der Waals surface area contributed by atoms with Gasteiger partial charge in [-0.25, -0.2) is 13.4 Å². The van der Waals surface area contributed by atoms with E-state index in [1.165, 1.54) is 11.3 Å². The van der Waals surface area contributed by atoms with Crippen molar-refractivity contribution in [1.29, 1.82) is 0 Å². The van der Waals surface area contributed by atoms with E-state index in [2.05, 4.69) is 4.98 Å². The monoisotopic (exact) mass is 343 g/mol. The topological polar surface area (TPSA) is 47.0 Å². The summed E-state index contributed by atoms with van der Waals surface area (Å²) in [6.45, 7) is 5.81. The highest BCUT2D eigenvalue weighted by molar-refractivity contribution is 7.91. The van der Waals surface area contributed by atoms with E-state index in [0.29, 0.717) is 10.9 Å². The van der Waals surface area contributed by atoms with Gasteiger partial charge in [0.25, 0.3) is 0 Å². The Bertz CT molecular complexity index is 706. The molecule has 0 amide bonds. The Morgan fingerprint density at radius 1 is 1.19 bits per heavy atom. The summed E-state index contributed by atoms with van der Waals surface area (Å²) in [5.74, 6) is 0.349. The van der Waals surface area contributed by atoms with Gasteiger partial charge in [-0.3, -0.25) is 0 Å². The molecule has 1 unspecified atom stereocenters. The zero-order valence-electron chi connectivity index (χ0n) is 12.2. The molecule has 6 heteroatoms. The van der Waals surface area contributed by atoms with Crippen molar-refractivity contribution in [2.24, 2.45) is 0 Å². The highest BCUT2D eigenvalue weighted by atomic mass is 35.5. The van der Waals surface area contributed by atoms with Crippen molar-refractivity contribution in [3.05, 3.63) is 50.9 Å². The number of hydrogen-bond acceptors (Lipinski definition) is 4. The lowest BCUT2D eigenvalue weighted by Crippen LogP contribution is -2.12. The molecule has 0 saturated carbocycles. The van der Waals surface area contributed by atoms with E-state index in [4.69, 9.17) is 11.6 Å². The van der Waals surface area contributed by atoms with Crippen LogP contribution in [0.4, 0.5) is 0 Å². The number of benzene rings is 1. The first-order valence-electron chi connectivity index (χ1n) is 6.71. The van der Waals surface area contributed by atoms with E-state index >= 15 is 0 Å². The lowest BCUT2D eigenvalue weighted by Gasteiger charge is -2.12. The molecule has 0 N–H and O–H groups in total. The summed E-state index contributed by atoms with van der Waals surface area (Å²) < 4.78 is 25.0. The summed E-state index contributed by atoms with van der Waals surface area (Å²) >= 11 is 7.31. The lowest BCUT2D eigenvalue weighted by molar-refractivity contribution is 0.585. The highest BCUT2D eigenvalue weighted by Crippen LogP contribution is 2.29. The minimum absolute atomic E-state index is 0.0289. The lowest BCUT2D eigenvalue weighted by atomic mass is 10.2. The molecule has 21 heavy (non-hydrogen) atoms. The van der Waals surface area contributed by atoms with Crippen LogP contribution in [0.25, 0.3) is 0 Å². The van der Waals surface area contributed by atoms with Crippen LogP contribution >= 0.6 is 22.9 Å². The fraction of sp³-hybridized carbons (Fsp3) is 0.400. The van der Waals surface area contributed by atoms with Crippen molar-refractivity contribution >= 4 is 32.8 Å². The molecule has 1 atom stereocenters. The second-order valence-corrected chi connectivity index (χ2v) is 9.23. The molecule has 0 spiro atoms. The van der Waals surface area contributed by atoms with Gasteiger partial charge in [0.2, 0.25) is 0 Å². The molecule has 1 aromatic heterocycles. The van der Waals surface area contributed by atoms with Gasteiger partial charge in [0, 0.05) is 22.0 Å². The maximum atomic E-state index is 12.5. The highest BCUT2D eigenvalue weighted by Gasteiger charge is 2.24. The number of thiazole rings is 1. The third-order valence-corrected chi connectivity index (χ3v) is 7.08. The molecule has 2 aromatic rings. The van der Waals surface area contributed by atoms with Crippen molar-refractivity contribution in [3.8, 4) is 0 Å². The molecule has 0 fully saturated rings. The Labute approximate surface area is 134 Å². The van der Waals surface area contributed by atoms with Gasteiger partial charge < -0.3 is 0 Å². The van der Waals surface area contributed by atoms with Gasteiger partial charge >= 0.3 is 0 Å². The van der Waals surface area contributed by atoms with E-state index in [1.807, 2.05) is 13.8 Å². The minimum Gasteiger partial charge on any atom is -0.249 e. The Hall–Kier alpha value is -0.910. The van der Waals surface area contributed by atoms with Gasteiger partial charge in [-0.2, -0.15) is 0 Å².